The fourth-order valence-electron chi connectivity index (χ4n) is 1.97. The minimum Gasteiger partial charge on any atom is -0.476 e. The van der Waals surface area contributed by atoms with Crippen LogP contribution in [0, 0.1) is 0 Å². The number of hydrogen-bond acceptors (Lipinski definition) is 4. The lowest BCUT2D eigenvalue weighted by Gasteiger charge is -2.25. The monoisotopic (exact) mass is 221 g/mol. The van der Waals surface area contributed by atoms with Crippen LogP contribution in [0.2, 0.25) is 0 Å². The number of hydrogen-bond donors (Lipinski definition) is 1. The Morgan fingerprint density at radius 2 is 2.12 bits per heavy atom. The third kappa shape index (κ3) is 3.38. The largest absolute Gasteiger partial charge is 0.476 e. The molecule has 0 saturated carbocycles. The summed E-state index contributed by atoms with van der Waals surface area (Å²) in [5.74, 6) is 0.622. The number of nitrogen functional groups attached to an aromatic ring is 1. The Kier molecular flexibility index (Phi) is 3.99. The third-order valence-electron chi connectivity index (χ3n) is 2.87. The van der Waals surface area contributed by atoms with Crippen molar-refractivity contribution in [3.63, 3.8) is 0 Å². The van der Waals surface area contributed by atoms with Crippen LogP contribution in [0.5, 0.6) is 5.88 Å². The van der Waals surface area contributed by atoms with Crippen LogP contribution in [0.4, 0.5) is 5.69 Å². The lowest BCUT2D eigenvalue weighted by Crippen LogP contribution is -2.33. The van der Waals surface area contributed by atoms with Gasteiger partial charge in [0.25, 0.3) is 0 Å². The van der Waals surface area contributed by atoms with E-state index in [1.54, 1.807) is 18.3 Å². The predicted molar refractivity (Wildman–Crippen MR) is 64.4 cm³/mol. The Morgan fingerprint density at radius 3 is 2.88 bits per heavy atom. The first-order valence-electron chi connectivity index (χ1n) is 5.91. The van der Waals surface area contributed by atoms with Gasteiger partial charge in [-0.1, -0.05) is 6.42 Å². The van der Waals surface area contributed by atoms with Crippen LogP contribution < -0.4 is 10.5 Å². The zero-order valence-electron chi connectivity index (χ0n) is 9.56. The summed E-state index contributed by atoms with van der Waals surface area (Å²) in [6.45, 7) is 4.08. The van der Waals surface area contributed by atoms with Gasteiger partial charge < -0.3 is 10.5 Å². The molecule has 0 bridgehead atoms. The lowest BCUT2D eigenvalue weighted by molar-refractivity contribution is 0.180. The molecule has 1 fully saturated rings. The highest BCUT2D eigenvalue weighted by atomic mass is 16.5. The van der Waals surface area contributed by atoms with Crippen LogP contribution >= 0.6 is 0 Å². The molecule has 0 unspecified atom stereocenters. The first-order valence-corrected chi connectivity index (χ1v) is 5.91. The van der Waals surface area contributed by atoms with E-state index in [0.717, 1.165) is 6.54 Å². The van der Waals surface area contributed by atoms with Crippen molar-refractivity contribution in [3.8, 4) is 5.88 Å². The van der Waals surface area contributed by atoms with Gasteiger partial charge in [-0.3, -0.25) is 4.90 Å². The van der Waals surface area contributed by atoms with E-state index in [-0.39, 0.29) is 0 Å². The van der Waals surface area contributed by atoms with Crippen molar-refractivity contribution in [3.05, 3.63) is 18.3 Å². The number of piperidine rings is 1. The third-order valence-corrected chi connectivity index (χ3v) is 2.87. The van der Waals surface area contributed by atoms with Crippen LogP contribution in [0.1, 0.15) is 19.3 Å². The predicted octanol–water partition coefficient (Wildman–Crippen LogP) is 1.53. The second-order valence-electron chi connectivity index (χ2n) is 4.18. The molecule has 0 amide bonds. The van der Waals surface area contributed by atoms with E-state index in [2.05, 4.69) is 9.88 Å². The zero-order chi connectivity index (χ0) is 11.2. The Labute approximate surface area is 96.4 Å². The molecule has 1 aliphatic heterocycles. The van der Waals surface area contributed by atoms with Gasteiger partial charge in [-0.05, 0) is 32.0 Å². The Bertz CT molecular complexity index is 324. The van der Waals surface area contributed by atoms with Crippen molar-refractivity contribution in [2.75, 3.05) is 32.0 Å². The van der Waals surface area contributed by atoms with Crippen molar-refractivity contribution < 1.29 is 4.74 Å². The van der Waals surface area contributed by atoms with Gasteiger partial charge in [0.05, 0.1) is 0 Å². The van der Waals surface area contributed by atoms with Crippen LogP contribution in [0.25, 0.3) is 0 Å². The fourth-order valence-corrected chi connectivity index (χ4v) is 1.97. The molecule has 1 saturated heterocycles. The van der Waals surface area contributed by atoms with Gasteiger partial charge >= 0.3 is 0 Å². The highest BCUT2D eigenvalue weighted by Crippen LogP contribution is 2.11. The first kappa shape index (κ1) is 11.2. The first-order chi connectivity index (χ1) is 7.84. The molecular weight excluding hydrogens is 202 g/mol. The minimum atomic E-state index is 0.622. The lowest BCUT2D eigenvalue weighted by atomic mass is 10.1. The topological polar surface area (TPSA) is 51.4 Å². The molecule has 0 radical (unpaired) electrons. The van der Waals surface area contributed by atoms with Gasteiger partial charge in [0.1, 0.15) is 6.61 Å². The number of nitrogens with zero attached hydrogens (tertiary/aromatic N) is 2. The molecule has 4 nitrogen and oxygen atoms in total. The van der Waals surface area contributed by atoms with Crippen molar-refractivity contribution in [1.29, 1.82) is 0 Å². The van der Waals surface area contributed by atoms with Gasteiger partial charge in [0, 0.05) is 24.5 Å². The average Bonchev–Trinajstić information content (AvgIpc) is 2.30. The summed E-state index contributed by atoms with van der Waals surface area (Å²) in [4.78, 5) is 6.54. The summed E-state index contributed by atoms with van der Waals surface area (Å²) in [5, 5.41) is 0. The summed E-state index contributed by atoms with van der Waals surface area (Å²) in [7, 11) is 0. The second-order valence-corrected chi connectivity index (χ2v) is 4.18. The maximum absolute atomic E-state index is 5.64. The summed E-state index contributed by atoms with van der Waals surface area (Å²) in [6, 6.07) is 3.52. The Balaban J connectivity index is 1.71. The SMILES string of the molecule is Nc1ccnc(OCCN2CCCCC2)c1. The maximum atomic E-state index is 5.64. The Morgan fingerprint density at radius 1 is 1.31 bits per heavy atom. The summed E-state index contributed by atoms with van der Waals surface area (Å²) in [6.07, 6.45) is 5.67. The number of anilines is 1. The zero-order valence-corrected chi connectivity index (χ0v) is 9.56. The van der Waals surface area contributed by atoms with Crippen molar-refractivity contribution in [1.82, 2.24) is 9.88 Å². The van der Waals surface area contributed by atoms with E-state index in [0.29, 0.717) is 18.2 Å². The number of rotatable bonds is 4. The number of nitrogens with two attached hydrogens (primary N) is 1. The summed E-state index contributed by atoms with van der Waals surface area (Å²) in [5.41, 5.74) is 6.34. The quantitative estimate of drug-likeness (QED) is 0.837. The smallest absolute Gasteiger partial charge is 0.215 e. The molecule has 16 heavy (non-hydrogen) atoms. The summed E-state index contributed by atoms with van der Waals surface area (Å²) >= 11 is 0. The fraction of sp³-hybridized carbons (Fsp3) is 0.583. The molecule has 0 atom stereocenters. The molecule has 0 aliphatic carbocycles. The second kappa shape index (κ2) is 5.70. The molecule has 1 aromatic rings. The molecule has 1 aliphatic rings. The minimum absolute atomic E-state index is 0.622. The molecular formula is C12H19N3O. The van der Waals surface area contributed by atoms with Gasteiger partial charge in [0.2, 0.25) is 5.88 Å². The maximum Gasteiger partial charge on any atom is 0.215 e. The number of aromatic nitrogens is 1. The molecule has 0 spiro atoms. The standard InChI is InChI=1S/C12H19N3O/c13-11-4-5-14-12(10-11)16-9-8-15-6-2-1-3-7-15/h4-5,10H,1-3,6-9H2,(H2,13,14). The Hall–Kier alpha value is -1.29. The highest BCUT2D eigenvalue weighted by Gasteiger charge is 2.09. The van der Waals surface area contributed by atoms with E-state index in [1.165, 1.54) is 32.4 Å². The number of likely N-dealkylation sites (tertiary alicyclic amines) is 1. The van der Waals surface area contributed by atoms with Crippen molar-refractivity contribution in [2.45, 2.75) is 19.3 Å². The van der Waals surface area contributed by atoms with Crippen LogP contribution in [0.15, 0.2) is 18.3 Å². The molecule has 88 valence electrons. The van der Waals surface area contributed by atoms with Crippen LogP contribution in [0.3, 0.4) is 0 Å². The molecule has 0 aromatic carbocycles. The number of pyridine rings is 1. The van der Waals surface area contributed by atoms with Crippen LogP contribution in [-0.2, 0) is 0 Å². The molecule has 1 aromatic heterocycles. The highest BCUT2D eigenvalue weighted by molar-refractivity contribution is 5.39. The number of ether oxygens (including phenoxy) is 1. The van der Waals surface area contributed by atoms with Crippen molar-refractivity contribution >= 4 is 5.69 Å². The molecule has 2 rings (SSSR count). The molecule has 4 heteroatoms. The molecule has 2 heterocycles. The van der Waals surface area contributed by atoms with Crippen molar-refractivity contribution in [2.24, 2.45) is 0 Å². The van der Waals surface area contributed by atoms with Gasteiger partial charge in [0.15, 0.2) is 0 Å². The van der Waals surface area contributed by atoms with Gasteiger partial charge in [-0.2, -0.15) is 0 Å². The van der Waals surface area contributed by atoms with Crippen LogP contribution in [-0.4, -0.2) is 36.1 Å². The van der Waals surface area contributed by atoms with Gasteiger partial charge in [-0.15, -0.1) is 0 Å². The van der Waals surface area contributed by atoms with E-state index in [9.17, 15) is 0 Å². The normalized spacial score (nSPS) is 17.2. The van der Waals surface area contributed by atoms with E-state index < -0.39 is 0 Å². The van der Waals surface area contributed by atoms with Gasteiger partial charge in [-0.25, -0.2) is 4.98 Å². The summed E-state index contributed by atoms with van der Waals surface area (Å²) < 4.78 is 5.56. The van der Waals surface area contributed by atoms with E-state index in [1.807, 2.05) is 0 Å². The molecule has 2 N–H and O–H groups in total. The average molecular weight is 221 g/mol. The van der Waals surface area contributed by atoms with E-state index >= 15 is 0 Å². The van der Waals surface area contributed by atoms with E-state index in [4.69, 9.17) is 10.5 Å².